The van der Waals surface area contributed by atoms with E-state index < -0.39 is 0 Å². The molecule has 5 rings (SSSR count). The average Bonchev–Trinajstić information content (AvgIpc) is 3.58. The normalized spacial score (nSPS) is 21.9. The van der Waals surface area contributed by atoms with Gasteiger partial charge >= 0.3 is 12.0 Å². The molecule has 1 N–H and O–H groups in total. The van der Waals surface area contributed by atoms with E-state index in [-0.39, 0.29) is 6.03 Å². The van der Waals surface area contributed by atoms with Gasteiger partial charge in [-0.3, -0.25) is 0 Å². The maximum atomic E-state index is 12.7. The van der Waals surface area contributed by atoms with Gasteiger partial charge in [0.05, 0.1) is 7.11 Å². The molecule has 10 nitrogen and oxygen atoms in total. The highest BCUT2D eigenvalue weighted by molar-refractivity contribution is 5.74. The van der Waals surface area contributed by atoms with E-state index in [0.29, 0.717) is 43.9 Å². The first-order chi connectivity index (χ1) is 17.2. The number of carbonyl (C=O) groups is 1. The van der Waals surface area contributed by atoms with Gasteiger partial charge in [-0.15, -0.1) is 0 Å². The van der Waals surface area contributed by atoms with E-state index in [4.69, 9.17) is 14.0 Å². The Labute approximate surface area is 206 Å². The van der Waals surface area contributed by atoms with Gasteiger partial charge in [-0.2, -0.15) is 4.98 Å². The third kappa shape index (κ3) is 6.05. The number of urea groups is 1. The van der Waals surface area contributed by atoms with Gasteiger partial charge in [0.25, 0.3) is 0 Å². The molecule has 1 aromatic carbocycles. The minimum Gasteiger partial charge on any atom is -0.497 e. The predicted octanol–water partition coefficient (Wildman–Crippen LogP) is 2.33. The van der Waals surface area contributed by atoms with Crippen molar-refractivity contribution in [3.63, 3.8) is 0 Å². The van der Waals surface area contributed by atoms with Crippen molar-refractivity contribution in [2.75, 3.05) is 77.6 Å². The van der Waals surface area contributed by atoms with E-state index in [1.165, 1.54) is 19.4 Å². The third-order valence-electron chi connectivity index (χ3n) is 7.37. The summed E-state index contributed by atoms with van der Waals surface area (Å²) in [5.41, 5.74) is 0.872. The summed E-state index contributed by atoms with van der Waals surface area (Å²) in [7, 11) is 1.64. The van der Waals surface area contributed by atoms with E-state index in [0.717, 1.165) is 56.5 Å². The first-order valence-electron chi connectivity index (χ1n) is 12.7. The molecule has 3 aliphatic heterocycles. The first kappa shape index (κ1) is 23.9. The number of nitrogens with one attached hydrogen (secondary N) is 1. The van der Waals surface area contributed by atoms with Crippen LogP contribution in [-0.4, -0.2) is 98.7 Å². The number of anilines is 1. The van der Waals surface area contributed by atoms with E-state index in [2.05, 4.69) is 20.4 Å². The molecule has 190 valence electrons. The molecule has 2 aromatic rings. The molecule has 3 fully saturated rings. The van der Waals surface area contributed by atoms with Gasteiger partial charge in [0.2, 0.25) is 5.82 Å². The lowest BCUT2D eigenvalue weighted by Gasteiger charge is -2.33. The molecule has 0 aliphatic carbocycles. The van der Waals surface area contributed by atoms with Gasteiger partial charge in [-0.1, -0.05) is 5.16 Å². The van der Waals surface area contributed by atoms with Crippen molar-refractivity contribution in [3.8, 4) is 17.1 Å². The molecule has 3 aliphatic rings. The SMILES string of the molecule is COc1ccc(-c2noc(N3CCN(C(=O)NCC4CCN(CC5CCOCC5)C4)CC3)n2)cc1. The predicted molar refractivity (Wildman–Crippen MR) is 132 cm³/mol. The number of benzene rings is 1. The zero-order valence-electron chi connectivity index (χ0n) is 20.5. The minimum absolute atomic E-state index is 0.0250. The van der Waals surface area contributed by atoms with E-state index in [9.17, 15) is 4.79 Å². The highest BCUT2D eigenvalue weighted by Crippen LogP contribution is 2.24. The monoisotopic (exact) mass is 484 g/mol. The second-order valence-corrected chi connectivity index (χ2v) is 9.76. The Kier molecular flexibility index (Phi) is 7.68. The fourth-order valence-corrected chi connectivity index (χ4v) is 5.18. The molecule has 1 aromatic heterocycles. The highest BCUT2D eigenvalue weighted by Gasteiger charge is 2.28. The van der Waals surface area contributed by atoms with Gasteiger partial charge in [-0.05, 0) is 61.9 Å². The van der Waals surface area contributed by atoms with Crippen LogP contribution in [0, 0.1) is 11.8 Å². The van der Waals surface area contributed by atoms with Gasteiger partial charge < -0.3 is 34.0 Å². The van der Waals surface area contributed by atoms with E-state index in [1.807, 2.05) is 34.1 Å². The summed E-state index contributed by atoms with van der Waals surface area (Å²) in [6.07, 6.45) is 3.51. The number of carbonyl (C=O) groups excluding carboxylic acids is 1. The largest absolute Gasteiger partial charge is 0.497 e. The Morgan fingerprint density at radius 1 is 1.06 bits per heavy atom. The number of nitrogens with zero attached hydrogens (tertiary/aromatic N) is 5. The topological polar surface area (TPSA) is 96.2 Å². The summed E-state index contributed by atoms with van der Waals surface area (Å²) in [5, 5.41) is 7.28. The molecule has 0 radical (unpaired) electrons. The Bertz CT molecular complexity index is 953. The van der Waals surface area contributed by atoms with Crippen LogP contribution >= 0.6 is 0 Å². The van der Waals surface area contributed by atoms with Gasteiger partial charge in [0.15, 0.2) is 0 Å². The van der Waals surface area contributed by atoms with Crippen LogP contribution in [0.1, 0.15) is 19.3 Å². The van der Waals surface area contributed by atoms with Crippen molar-refractivity contribution in [1.29, 1.82) is 0 Å². The number of ether oxygens (including phenoxy) is 2. The summed E-state index contributed by atoms with van der Waals surface area (Å²) in [6, 6.07) is 8.08. The molecule has 1 unspecified atom stereocenters. The number of amides is 2. The summed E-state index contributed by atoms with van der Waals surface area (Å²) in [4.78, 5) is 23.8. The van der Waals surface area contributed by atoms with Crippen molar-refractivity contribution in [2.45, 2.75) is 19.3 Å². The highest BCUT2D eigenvalue weighted by atomic mass is 16.5. The van der Waals surface area contributed by atoms with Crippen molar-refractivity contribution in [2.24, 2.45) is 11.8 Å². The smallest absolute Gasteiger partial charge is 0.324 e. The van der Waals surface area contributed by atoms with E-state index in [1.54, 1.807) is 7.11 Å². The number of hydrogen-bond acceptors (Lipinski definition) is 8. The fraction of sp³-hybridized carbons (Fsp3) is 0.640. The quantitative estimate of drug-likeness (QED) is 0.640. The van der Waals surface area contributed by atoms with Crippen molar-refractivity contribution in [3.05, 3.63) is 24.3 Å². The van der Waals surface area contributed by atoms with Gasteiger partial charge in [0, 0.05) is 64.6 Å². The average molecular weight is 485 g/mol. The van der Waals surface area contributed by atoms with Crippen LogP contribution in [0.3, 0.4) is 0 Å². The summed E-state index contributed by atoms with van der Waals surface area (Å²) in [6.45, 7) is 8.55. The Morgan fingerprint density at radius 3 is 2.57 bits per heavy atom. The molecule has 0 bridgehead atoms. The number of hydrogen-bond donors (Lipinski definition) is 1. The Morgan fingerprint density at radius 2 is 1.83 bits per heavy atom. The lowest BCUT2D eigenvalue weighted by molar-refractivity contribution is 0.0551. The second-order valence-electron chi connectivity index (χ2n) is 9.76. The van der Waals surface area contributed by atoms with Gasteiger partial charge in [-0.25, -0.2) is 4.79 Å². The molecule has 3 saturated heterocycles. The van der Waals surface area contributed by atoms with Crippen LogP contribution in [0.5, 0.6) is 5.75 Å². The molecule has 0 spiro atoms. The number of aromatic nitrogens is 2. The minimum atomic E-state index is 0.0250. The maximum Gasteiger partial charge on any atom is 0.324 e. The molecule has 2 amide bonds. The Balaban J connectivity index is 1.03. The van der Waals surface area contributed by atoms with Gasteiger partial charge in [0.1, 0.15) is 5.75 Å². The third-order valence-corrected chi connectivity index (χ3v) is 7.37. The summed E-state index contributed by atoms with van der Waals surface area (Å²) in [5.74, 6) is 2.63. The standard InChI is InChI=1S/C25H36N6O4/c1-33-22-4-2-21(3-5-22)23-27-25(35-28-23)31-12-10-30(11-13-31)24(32)26-16-20-6-9-29(18-20)17-19-7-14-34-15-8-19/h2-5,19-20H,6-18H2,1H3,(H,26,32). The van der Waals surface area contributed by atoms with Crippen LogP contribution in [0.25, 0.3) is 11.4 Å². The van der Waals surface area contributed by atoms with E-state index >= 15 is 0 Å². The zero-order valence-corrected chi connectivity index (χ0v) is 20.5. The number of rotatable bonds is 7. The summed E-state index contributed by atoms with van der Waals surface area (Å²) >= 11 is 0. The Hall–Kier alpha value is -2.85. The molecular formula is C25H36N6O4. The van der Waals surface area contributed by atoms with Crippen LogP contribution in [0.2, 0.25) is 0 Å². The fourth-order valence-electron chi connectivity index (χ4n) is 5.18. The van der Waals surface area contributed by atoms with Crippen LogP contribution in [-0.2, 0) is 4.74 Å². The molecule has 35 heavy (non-hydrogen) atoms. The first-order valence-corrected chi connectivity index (χ1v) is 12.7. The second kappa shape index (κ2) is 11.3. The molecule has 10 heteroatoms. The van der Waals surface area contributed by atoms with Crippen LogP contribution in [0.4, 0.5) is 10.8 Å². The lowest BCUT2D eigenvalue weighted by atomic mass is 10.00. The van der Waals surface area contributed by atoms with Crippen molar-refractivity contribution >= 4 is 12.0 Å². The maximum absolute atomic E-state index is 12.7. The zero-order chi connectivity index (χ0) is 24.0. The number of likely N-dealkylation sites (tertiary alicyclic amines) is 1. The van der Waals surface area contributed by atoms with Crippen LogP contribution < -0.4 is 15.0 Å². The van der Waals surface area contributed by atoms with Crippen LogP contribution in [0.15, 0.2) is 28.8 Å². The number of methoxy groups -OCH3 is 1. The molecule has 1 atom stereocenters. The van der Waals surface area contributed by atoms with Crippen molar-refractivity contribution in [1.82, 2.24) is 25.3 Å². The number of piperazine rings is 1. The molecule has 0 saturated carbocycles. The molecular weight excluding hydrogens is 448 g/mol. The summed E-state index contributed by atoms with van der Waals surface area (Å²) < 4.78 is 16.2. The van der Waals surface area contributed by atoms with Crippen molar-refractivity contribution < 1.29 is 18.8 Å². The lowest BCUT2D eigenvalue weighted by Crippen LogP contribution is -2.52. The molecule has 4 heterocycles.